The van der Waals surface area contributed by atoms with E-state index in [-0.39, 0.29) is 31.7 Å². The smallest absolute Gasteiger partial charge is 0.356 e. The maximum absolute atomic E-state index is 14.4. The largest absolute Gasteiger partial charge is 0.448 e. The number of fused-ring (bicyclic) bond motifs is 1. The molecule has 0 saturated carbocycles. The lowest BCUT2D eigenvalue weighted by Gasteiger charge is -2.49. The number of nitrogens with two attached hydrogens (primary N) is 1. The number of anilines is 1. The third kappa shape index (κ3) is 9.51. The third-order valence-corrected chi connectivity index (χ3v) is 12.6. The van der Waals surface area contributed by atoms with Gasteiger partial charge in [-0.05, 0) is 23.3 Å². The van der Waals surface area contributed by atoms with Gasteiger partial charge < -0.3 is 31.3 Å². The summed E-state index contributed by atoms with van der Waals surface area (Å²) in [5.74, 6) is -2.85. The number of rotatable bonds is 15. The molecule has 2 aliphatic rings. The number of nitrogens with one attached hydrogen (secondary N) is 3. The van der Waals surface area contributed by atoms with Gasteiger partial charge in [0, 0.05) is 35.9 Å². The van der Waals surface area contributed by atoms with Crippen molar-refractivity contribution in [2.75, 3.05) is 17.6 Å². The van der Waals surface area contributed by atoms with Gasteiger partial charge >= 0.3 is 11.9 Å². The van der Waals surface area contributed by atoms with Crippen LogP contribution in [0.4, 0.5) is 5.13 Å². The predicted molar refractivity (Wildman–Crippen MR) is 214 cm³/mol. The molecule has 2 aliphatic heterocycles. The highest BCUT2D eigenvalue weighted by Crippen LogP contribution is 2.46. The van der Waals surface area contributed by atoms with Gasteiger partial charge in [-0.15, -0.1) is 23.1 Å². The molecule has 0 radical (unpaired) electrons. The molecule has 2 atom stereocenters. The normalized spacial score (nSPS) is 16.5. The molecule has 1 saturated heterocycles. The van der Waals surface area contributed by atoms with Crippen molar-refractivity contribution >= 4 is 116 Å². The highest BCUT2D eigenvalue weighted by molar-refractivity contribution is 8.07. The molecule has 21 heteroatoms. The standard InChI is InChI=1S/C34H29ClN8O7S5/c1-17(45)50-42-23(22-27(35)55-33(41-22)38-16-44)28(46)40-24-29(47)43-25(31(48)49-26(18-8-4-2-5-9-18)19-10-6-3-7-11-19)21(15-52-30(24)43)54-34-39-20(14-53-34)12-13-37-32(36)51/h2-11,14,16,24,26,30H,12-13,15H2,1H3,(H,40,46)(H3,36,37,51)(H,38,41,44)/b42-23-/t24-,30-/m1/s1. The molecule has 2 aromatic heterocycles. The molecule has 55 heavy (non-hydrogen) atoms. The fraction of sp³-hybridized carbons (Fsp3) is 0.206. The fourth-order valence-corrected chi connectivity index (χ4v) is 9.95. The maximum atomic E-state index is 14.4. The zero-order valence-electron chi connectivity index (χ0n) is 28.4. The average molecular weight is 857 g/mol. The highest BCUT2D eigenvalue weighted by Gasteiger charge is 2.55. The van der Waals surface area contributed by atoms with Gasteiger partial charge in [0.1, 0.15) is 27.1 Å². The van der Waals surface area contributed by atoms with Crippen LogP contribution < -0.4 is 21.7 Å². The number of amides is 3. The van der Waals surface area contributed by atoms with E-state index in [2.05, 4.69) is 26.1 Å². The van der Waals surface area contributed by atoms with Crippen LogP contribution in [0.5, 0.6) is 0 Å². The Bertz CT molecular complexity index is 2140. The number of thioether (sulfide) groups is 2. The van der Waals surface area contributed by atoms with Crippen LogP contribution in [0.3, 0.4) is 0 Å². The molecular formula is C34H29ClN8O7S5. The van der Waals surface area contributed by atoms with Crippen molar-refractivity contribution in [1.82, 2.24) is 25.5 Å². The van der Waals surface area contributed by atoms with E-state index in [1.807, 2.05) is 66.0 Å². The molecule has 15 nitrogen and oxygen atoms in total. The summed E-state index contributed by atoms with van der Waals surface area (Å²) in [6.07, 6.45) is 0.131. The van der Waals surface area contributed by atoms with Crippen LogP contribution in [0.2, 0.25) is 4.34 Å². The zero-order chi connectivity index (χ0) is 39.1. The van der Waals surface area contributed by atoms with Gasteiger partial charge in [-0.1, -0.05) is 101 Å². The summed E-state index contributed by atoms with van der Waals surface area (Å²) in [7, 11) is 0. The number of oxime groups is 1. The van der Waals surface area contributed by atoms with Gasteiger partial charge in [0.05, 0.1) is 5.69 Å². The van der Waals surface area contributed by atoms with Gasteiger partial charge in [0.2, 0.25) is 6.41 Å². The number of nitrogens with zero attached hydrogens (tertiary/aromatic N) is 4. The number of aromatic nitrogens is 2. The Morgan fingerprint density at radius 1 is 1.15 bits per heavy atom. The lowest BCUT2D eigenvalue weighted by Crippen LogP contribution is -2.71. The van der Waals surface area contributed by atoms with Gasteiger partial charge in [-0.2, -0.15) is 0 Å². The molecular weight excluding hydrogens is 828 g/mol. The topological polar surface area (TPSA) is 207 Å². The first-order chi connectivity index (χ1) is 26.5. The van der Waals surface area contributed by atoms with E-state index < -0.39 is 47.0 Å². The summed E-state index contributed by atoms with van der Waals surface area (Å²) < 4.78 is 6.85. The van der Waals surface area contributed by atoms with E-state index in [1.54, 1.807) is 0 Å². The second-order valence-corrected chi connectivity index (χ2v) is 16.8. The van der Waals surface area contributed by atoms with E-state index in [9.17, 15) is 24.0 Å². The first kappa shape index (κ1) is 39.8. The third-order valence-electron chi connectivity index (χ3n) is 7.74. The Morgan fingerprint density at radius 3 is 2.47 bits per heavy atom. The van der Waals surface area contributed by atoms with Crippen LogP contribution in [0, 0.1) is 0 Å². The van der Waals surface area contributed by atoms with Crippen LogP contribution in [0.25, 0.3) is 0 Å². The molecule has 0 unspecified atom stereocenters. The Morgan fingerprint density at radius 2 is 1.84 bits per heavy atom. The van der Waals surface area contributed by atoms with Gasteiger partial charge in [-0.3, -0.25) is 19.3 Å². The van der Waals surface area contributed by atoms with Crippen molar-refractivity contribution in [1.29, 1.82) is 0 Å². The summed E-state index contributed by atoms with van der Waals surface area (Å²) in [6, 6.07) is 17.3. The van der Waals surface area contributed by atoms with Crippen molar-refractivity contribution in [3.8, 4) is 0 Å². The number of hydrogen-bond acceptors (Lipinski definition) is 15. The number of benzene rings is 2. The van der Waals surface area contributed by atoms with Gasteiger partial charge in [0.25, 0.3) is 11.8 Å². The van der Waals surface area contributed by atoms with Crippen molar-refractivity contribution in [2.24, 2.45) is 10.9 Å². The summed E-state index contributed by atoms with van der Waals surface area (Å²) in [5, 5.41) is 12.9. The Balaban J connectivity index is 1.30. The van der Waals surface area contributed by atoms with Crippen LogP contribution in [-0.2, 0) is 40.0 Å². The molecule has 284 valence electrons. The highest BCUT2D eigenvalue weighted by atomic mass is 35.5. The average Bonchev–Trinajstić information content (AvgIpc) is 3.78. The number of thiocarbonyl (C=S) groups is 1. The summed E-state index contributed by atoms with van der Waals surface area (Å²) in [5.41, 5.74) is 7.11. The van der Waals surface area contributed by atoms with Crippen LogP contribution in [0.15, 0.2) is 86.1 Å². The summed E-state index contributed by atoms with van der Waals surface area (Å²) >= 11 is 16.0. The number of carbonyl (C=O) groups excluding carboxylic acids is 5. The second-order valence-electron chi connectivity index (χ2n) is 11.4. The summed E-state index contributed by atoms with van der Waals surface area (Å²) in [6.45, 7) is 1.58. The minimum atomic E-state index is -1.13. The van der Waals surface area contributed by atoms with Crippen molar-refractivity contribution < 1.29 is 33.5 Å². The first-order valence-corrected chi connectivity index (χ1v) is 20.5. The fourth-order valence-electron chi connectivity index (χ4n) is 5.35. The lowest BCUT2D eigenvalue weighted by molar-refractivity contribution is -0.154. The van der Waals surface area contributed by atoms with E-state index in [0.29, 0.717) is 28.6 Å². The molecule has 3 amide bonds. The number of halogens is 1. The number of esters is 1. The second kappa shape index (κ2) is 18.2. The van der Waals surface area contributed by atoms with E-state index in [0.717, 1.165) is 35.1 Å². The molecule has 5 N–H and O–H groups in total. The minimum absolute atomic E-state index is 0.0222. The molecule has 2 aromatic carbocycles. The number of β-lactam (4-membered cyclic amide) rings is 1. The Labute approximate surface area is 340 Å². The van der Waals surface area contributed by atoms with Crippen molar-refractivity contribution in [2.45, 2.75) is 35.2 Å². The SMILES string of the molecule is CC(=O)O/N=C(\C(=O)N[C@@H]1C(=O)N2C(C(=O)OC(c3ccccc3)c3ccccc3)=C(Sc3nc(CCNC(N)=S)cs3)CS[C@H]12)c1nc(NC=O)sc1Cl. The molecule has 0 bridgehead atoms. The van der Waals surface area contributed by atoms with E-state index in [4.69, 9.17) is 44.1 Å². The van der Waals surface area contributed by atoms with Gasteiger partial charge in [0.15, 0.2) is 26.4 Å². The van der Waals surface area contributed by atoms with E-state index in [1.165, 1.54) is 39.8 Å². The predicted octanol–water partition coefficient (Wildman–Crippen LogP) is 4.20. The van der Waals surface area contributed by atoms with Crippen LogP contribution >= 0.6 is 70.0 Å². The molecule has 6 rings (SSSR count). The lowest BCUT2D eigenvalue weighted by atomic mass is 10.0. The van der Waals surface area contributed by atoms with Crippen molar-refractivity contribution in [3.63, 3.8) is 0 Å². The van der Waals surface area contributed by atoms with Crippen molar-refractivity contribution in [3.05, 3.63) is 103 Å². The number of carbonyl (C=O) groups is 5. The molecule has 4 aromatic rings. The monoisotopic (exact) mass is 856 g/mol. The molecule has 1 fully saturated rings. The Hall–Kier alpha value is -4.86. The molecule has 0 spiro atoms. The molecule has 0 aliphatic carbocycles. The summed E-state index contributed by atoms with van der Waals surface area (Å²) in [4.78, 5) is 80.1. The molecule has 4 heterocycles. The van der Waals surface area contributed by atoms with Crippen LogP contribution in [-0.4, -0.2) is 79.6 Å². The maximum Gasteiger partial charge on any atom is 0.356 e. The quantitative estimate of drug-likeness (QED) is 0.0252. The number of thiazole rings is 2. The number of ether oxygens (including phenoxy) is 1. The van der Waals surface area contributed by atoms with E-state index >= 15 is 0 Å². The minimum Gasteiger partial charge on any atom is -0.448 e. The van der Waals surface area contributed by atoms with Gasteiger partial charge in [-0.25, -0.2) is 19.6 Å². The number of hydrogen-bond donors (Lipinski definition) is 4. The Kier molecular flexibility index (Phi) is 13.2. The zero-order valence-corrected chi connectivity index (χ0v) is 33.3. The first-order valence-electron chi connectivity index (χ1n) is 16.1. The van der Waals surface area contributed by atoms with Crippen LogP contribution in [0.1, 0.15) is 35.5 Å².